The molecule has 35 heavy (non-hydrogen) atoms. The summed E-state index contributed by atoms with van der Waals surface area (Å²) in [5, 5.41) is 15.5. The molecule has 0 radical (unpaired) electrons. The lowest BCUT2D eigenvalue weighted by atomic mass is 9.83. The van der Waals surface area contributed by atoms with Crippen LogP contribution >= 0.6 is 0 Å². The van der Waals surface area contributed by atoms with Crippen molar-refractivity contribution in [2.45, 2.75) is 44.6 Å². The van der Waals surface area contributed by atoms with Gasteiger partial charge in [0.05, 0.1) is 30.4 Å². The average molecular weight is 476 g/mol. The summed E-state index contributed by atoms with van der Waals surface area (Å²) in [6, 6.07) is 7.55. The molecule has 5 rings (SSSR count). The van der Waals surface area contributed by atoms with Gasteiger partial charge in [-0.25, -0.2) is 4.98 Å². The van der Waals surface area contributed by atoms with Crippen LogP contribution in [0.2, 0.25) is 0 Å². The van der Waals surface area contributed by atoms with E-state index in [2.05, 4.69) is 20.7 Å². The lowest BCUT2D eigenvalue weighted by Crippen LogP contribution is -2.22. The van der Waals surface area contributed by atoms with Crippen LogP contribution in [0, 0.1) is 5.92 Å². The quantitative estimate of drug-likeness (QED) is 0.422. The van der Waals surface area contributed by atoms with Gasteiger partial charge in [-0.2, -0.15) is 14.7 Å². The highest BCUT2D eigenvalue weighted by molar-refractivity contribution is 6.08. The molecular weight excluding hydrogens is 446 g/mol. The Morgan fingerprint density at radius 1 is 1.20 bits per heavy atom. The van der Waals surface area contributed by atoms with Gasteiger partial charge in [-0.05, 0) is 56.2 Å². The molecule has 3 heterocycles. The lowest BCUT2D eigenvalue weighted by Gasteiger charge is -2.28. The van der Waals surface area contributed by atoms with E-state index < -0.39 is 0 Å². The normalized spacial score (nSPS) is 18.0. The van der Waals surface area contributed by atoms with Crippen LogP contribution in [0.1, 0.15) is 54.9 Å². The molecule has 4 aromatic rings. The van der Waals surface area contributed by atoms with Gasteiger partial charge in [0.1, 0.15) is 5.75 Å². The summed E-state index contributed by atoms with van der Waals surface area (Å²) >= 11 is 0. The molecule has 1 fully saturated rings. The first-order valence-corrected chi connectivity index (χ1v) is 11.9. The Morgan fingerprint density at radius 2 is 2.03 bits per heavy atom. The van der Waals surface area contributed by atoms with Gasteiger partial charge in [0.25, 0.3) is 5.91 Å². The smallest absolute Gasteiger partial charge is 0.260 e. The first-order chi connectivity index (χ1) is 17.1. The fraction of sp³-hybridized carbons (Fsp3) is 0.400. The molecular formula is C25H29N7O3. The highest BCUT2D eigenvalue weighted by Crippen LogP contribution is 2.35. The minimum absolute atomic E-state index is 0.108. The molecule has 0 atom stereocenters. The van der Waals surface area contributed by atoms with Crippen molar-refractivity contribution in [3.63, 3.8) is 0 Å². The molecule has 182 valence electrons. The van der Waals surface area contributed by atoms with Crippen molar-refractivity contribution < 1.29 is 14.3 Å². The summed E-state index contributed by atoms with van der Waals surface area (Å²) in [6.45, 7) is 0. The molecule has 0 unspecified atom stereocenters. The number of nitrogens with zero attached hydrogens (tertiary/aromatic N) is 5. The molecule has 2 amide bonds. The molecule has 10 heteroatoms. The van der Waals surface area contributed by atoms with Gasteiger partial charge in [-0.15, -0.1) is 0 Å². The number of rotatable bonds is 7. The molecule has 1 aliphatic carbocycles. The molecule has 1 aliphatic rings. The van der Waals surface area contributed by atoms with Gasteiger partial charge in [0.15, 0.2) is 11.5 Å². The second-order valence-electron chi connectivity index (χ2n) is 9.00. The number of fused-ring (bicyclic) bond motifs is 2. The highest BCUT2D eigenvalue weighted by Gasteiger charge is 2.24. The Kier molecular flexibility index (Phi) is 6.35. The maximum Gasteiger partial charge on any atom is 0.260 e. The Bertz CT molecular complexity index is 1370. The summed E-state index contributed by atoms with van der Waals surface area (Å²) in [7, 11) is 3.23. The Morgan fingerprint density at radius 3 is 2.80 bits per heavy atom. The second kappa shape index (κ2) is 9.73. The largest absolute Gasteiger partial charge is 0.496 e. The third-order valence-corrected chi connectivity index (χ3v) is 6.86. The number of hydrogen-bond donors (Lipinski definition) is 2. The minimum atomic E-state index is -0.305. The Hall–Kier alpha value is -3.95. The number of carbonyl (C=O) groups excluding carboxylic acids is 2. The average Bonchev–Trinajstić information content (AvgIpc) is 3.50. The van der Waals surface area contributed by atoms with Crippen LogP contribution in [0.25, 0.3) is 16.6 Å². The van der Waals surface area contributed by atoms with Crippen molar-refractivity contribution in [2.24, 2.45) is 5.92 Å². The summed E-state index contributed by atoms with van der Waals surface area (Å²) in [4.78, 5) is 28.9. The molecule has 10 nitrogen and oxygen atoms in total. The number of anilines is 1. The zero-order valence-electron chi connectivity index (χ0n) is 19.9. The van der Waals surface area contributed by atoms with E-state index in [-0.39, 0.29) is 11.8 Å². The van der Waals surface area contributed by atoms with Crippen LogP contribution in [0.4, 0.5) is 5.82 Å². The van der Waals surface area contributed by atoms with E-state index in [4.69, 9.17) is 9.84 Å². The van der Waals surface area contributed by atoms with Gasteiger partial charge < -0.3 is 15.4 Å². The van der Waals surface area contributed by atoms with Crippen molar-refractivity contribution in [1.82, 2.24) is 29.7 Å². The van der Waals surface area contributed by atoms with Gasteiger partial charge in [0, 0.05) is 37.3 Å². The fourth-order valence-corrected chi connectivity index (χ4v) is 4.86. The summed E-state index contributed by atoms with van der Waals surface area (Å²) < 4.78 is 9.12. The molecule has 1 aromatic carbocycles. The highest BCUT2D eigenvalue weighted by atomic mass is 16.5. The first kappa shape index (κ1) is 22.8. The number of benzene rings is 1. The van der Waals surface area contributed by atoms with E-state index in [1.54, 1.807) is 37.1 Å². The summed E-state index contributed by atoms with van der Waals surface area (Å²) in [6.07, 6.45) is 11.0. The molecule has 2 N–H and O–H groups in total. The number of ether oxygens (including phenoxy) is 1. The molecule has 1 saturated carbocycles. The predicted molar refractivity (Wildman–Crippen MR) is 132 cm³/mol. The maximum atomic E-state index is 13.1. The number of methoxy groups -OCH3 is 1. The standard InChI is InChI=1S/C25H29N7O3/c1-26-24(33)10-7-16-5-8-18(9-6-16)31-15-17-12-19(21(35-2)13-20(17)30-31)25(34)29-23-14-27-22-4-3-11-28-32(22)23/h3-4,11-16,18H,5-10H2,1-2H3,(H,26,33)(H,29,34)/t16-,18+. The first-order valence-electron chi connectivity index (χ1n) is 11.9. The molecule has 0 spiro atoms. The van der Waals surface area contributed by atoms with Crippen molar-refractivity contribution in [2.75, 3.05) is 19.5 Å². The van der Waals surface area contributed by atoms with Gasteiger partial charge in [-0.1, -0.05) is 0 Å². The monoisotopic (exact) mass is 475 g/mol. The maximum absolute atomic E-state index is 13.1. The predicted octanol–water partition coefficient (Wildman–Crippen LogP) is 3.60. The summed E-state index contributed by atoms with van der Waals surface area (Å²) in [5.74, 6) is 1.33. The molecule has 0 aliphatic heterocycles. The third-order valence-electron chi connectivity index (χ3n) is 6.86. The number of imidazole rings is 1. The van der Waals surface area contributed by atoms with E-state index in [1.165, 1.54) is 0 Å². The molecule has 0 bridgehead atoms. The number of carbonyl (C=O) groups is 2. The molecule has 0 saturated heterocycles. The second-order valence-corrected chi connectivity index (χ2v) is 9.00. The van der Waals surface area contributed by atoms with E-state index >= 15 is 0 Å². The van der Waals surface area contributed by atoms with Crippen LogP contribution in [0.5, 0.6) is 5.75 Å². The van der Waals surface area contributed by atoms with E-state index in [9.17, 15) is 9.59 Å². The number of aromatic nitrogens is 5. The van der Waals surface area contributed by atoms with Gasteiger partial charge in [0.2, 0.25) is 5.91 Å². The van der Waals surface area contributed by atoms with E-state index in [0.717, 1.165) is 43.0 Å². The van der Waals surface area contributed by atoms with Crippen molar-refractivity contribution >= 4 is 34.2 Å². The Balaban J connectivity index is 1.32. The third kappa shape index (κ3) is 4.68. The lowest BCUT2D eigenvalue weighted by molar-refractivity contribution is -0.120. The fourth-order valence-electron chi connectivity index (χ4n) is 4.86. The van der Waals surface area contributed by atoms with E-state index in [1.807, 2.05) is 29.1 Å². The van der Waals surface area contributed by atoms with Crippen molar-refractivity contribution in [3.05, 3.63) is 48.4 Å². The van der Waals surface area contributed by atoms with Crippen LogP contribution < -0.4 is 15.4 Å². The molecule has 3 aromatic heterocycles. The SMILES string of the molecule is CNC(=O)CC[C@H]1CC[C@@H](n2cc3cc(C(=O)Nc4cnc5cccnn45)c(OC)cc3n2)CC1. The summed E-state index contributed by atoms with van der Waals surface area (Å²) in [5.41, 5.74) is 1.86. The topological polar surface area (TPSA) is 115 Å². The van der Waals surface area contributed by atoms with Crippen LogP contribution in [0.15, 0.2) is 42.9 Å². The zero-order chi connectivity index (χ0) is 24.4. The minimum Gasteiger partial charge on any atom is -0.496 e. The van der Waals surface area contributed by atoms with Crippen LogP contribution in [0.3, 0.4) is 0 Å². The van der Waals surface area contributed by atoms with Gasteiger partial charge in [-0.3, -0.25) is 14.3 Å². The van der Waals surface area contributed by atoms with Crippen molar-refractivity contribution in [3.8, 4) is 5.75 Å². The van der Waals surface area contributed by atoms with Crippen LogP contribution in [-0.4, -0.2) is 50.4 Å². The van der Waals surface area contributed by atoms with Crippen molar-refractivity contribution in [1.29, 1.82) is 0 Å². The van der Waals surface area contributed by atoms with E-state index in [0.29, 0.717) is 41.2 Å². The number of hydrogen-bond acceptors (Lipinski definition) is 6. The number of nitrogens with one attached hydrogen (secondary N) is 2. The van der Waals surface area contributed by atoms with Gasteiger partial charge >= 0.3 is 0 Å². The zero-order valence-corrected chi connectivity index (χ0v) is 19.9. The van der Waals surface area contributed by atoms with Crippen LogP contribution in [-0.2, 0) is 4.79 Å². The number of amides is 2. The Labute approximate surface area is 202 Å².